The Labute approximate surface area is 86.4 Å². The summed E-state index contributed by atoms with van der Waals surface area (Å²) in [5, 5.41) is 0. The van der Waals surface area contributed by atoms with Crippen molar-refractivity contribution < 1.29 is 4.74 Å². The van der Waals surface area contributed by atoms with E-state index in [1.165, 1.54) is 5.56 Å². The van der Waals surface area contributed by atoms with Crippen molar-refractivity contribution in [2.75, 3.05) is 7.11 Å². The van der Waals surface area contributed by atoms with Gasteiger partial charge in [-0.3, -0.25) is 0 Å². The lowest BCUT2D eigenvalue weighted by molar-refractivity contribution is 0.260. The van der Waals surface area contributed by atoms with E-state index in [2.05, 4.69) is 19.1 Å². The first-order chi connectivity index (χ1) is 6.79. The molecule has 75 valence electrons. The van der Waals surface area contributed by atoms with Gasteiger partial charge in [-0.15, -0.1) is 0 Å². The average molecular weight is 189 g/mol. The van der Waals surface area contributed by atoms with Gasteiger partial charge in [0.2, 0.25) is 0 Å². The van der Waals surface area contributed by atoms with Gasteiger partial charge >= 0.3 is 0 Å². The van der Waals surface area contributed by atoms with Crippen LogP contribution in [0.2, 0.25) is 0 Å². The van der Waals surface area contributed by atoms with E-state index in [1.807, 2.05) is 18.2 Å². The Morgan fingerprint density at radius 2 is 2.00 bits per heavy atom. The van der Waals surface area contributed by atoms with Crippen LogP contribution in [0.3, 0.4) is 0 Å². The minimum atomic E-state index is 0.228. The number of hydrogen-bond acceptors (Lipinski definition) is 1. The van der Waals surface area contributed by atoms with Gasteiger partial charge in [-0.05, 0) is 18.6 Å². The summed E-state index contributed by atoms with van der Waals surface area (Å²) in [5.41, 5.74) is 1.23. The molecule has 1 atom stereocenters. The molecule has 0 amide bonds. The van der Waals surface area contributed by atoms with Crippen LogP contribution in [0, 0.1) is 6.58 Å². The molecule has 14 heavy (non-hydrogen) atoms. The van der Waals surface area contributed by atoms with Crippen LogP contribution in [0.4, 0.5) is 0 Å². The van der Waals surface area contributed by atoms with E-state index < -0.39 is 0 Å². The predicted octanol–water partition coefficient (Wildman–Crippen LogP) is 3.53. The smallest absolute Gasteiger partial charge is 0.103 e. The summed E-state index contributed by atoms with van der Waals surface area (Å²) in [4.78, 5) is 0. The van der Waals surface area contributed by atoms with Crippen molar-refractivity contribution in [3.63, 3.8) is 0 Å². The maximum absolute atomic E-state index is 5.83. The molecule has 1 aromatic rings. The standard InChI is InChI=1S/C13H17O/c1-4-8-13(11(2)14-3)12-9-6-5-7-10-12/h2,5-7,9-10,13H,4,8H2,1,3H3. The third kappa shape index (κ3) is 2.63. The van der Waals surface area contributed by atoms with Gasteiger partial charge in [0.05, 0.1) is 7.11 Å². The van der Waals surface area contributed by atoms with Crippen molar-refractivity contribution in [2.24, 2.45) is 0 Å². The molecule has 0 saturated carbocycles. The second-order valence-corrected chi connectivity index (χ2v) is 3.36. The van der Waals surface area contributed by atoms with Crippen LogP contribution in [-0.4, -0.2) is 7.11 Å². The van der Waals surface area contributed by atoms with Crippen LogP contribution < -0.4 is 0 Å². The molecule has 0 spiro atoms. The van der Waals surface area contributed by atoms with E-state index in [-0.39, 0.29) is 5.92 Å². The minimum Gasteiger partial charge on any atom is -0.500 e. The quantitative estimate of drug-likeness (QED) is 0.644. The Hall–Kier alpha value is -1.24. The first-order valence-electron chi connectivity index (χ1n) is 5.00. The Bertz CT molecular complexity index is 277. The third-order valence-corrected chi connectivity index (χ3v) is 2.36. The van der Waals surface area contributed by atoms with E-state index in [9.17, 15) is 0 Å². The highest BCUT2D eigenvalue weighted by Crippen LogP contribution is 2.27. The van der Waals surface area contributed by atoms with E-state index >= 15 is 0 Å². The van der Waals surface area contributed by atoms with Crippen molar-refractivity contribution in [1.29, 1.82) is 0 Å². The zero-order valence-corrected chi connectivity index (χ0v) is 8.86. The van der Waals surface area contributed by atoms with Gasteiger partial charge in [-0.2, -0.15) is 0 Å². The van der Waals surface area contributed by atoms with E-state index in [1.54, 1.807) is 7.11 Å². The summed E-state index contributed by atoms with van der Waals surface area (Å²) in [7, 11) is 1.63. The Balaban J connectivity index is 2.83. The SMILES string of the molecule is [CH]=C(OC)C(CCC)c1ccccc1. The van der Waals surface area contributed by atoms with Crippen LogP contribution in [0.25, 0.3) is 0 Å². The van der Waals surface area contributed by atoms with Gasteiger partial charge in [0, 0.05) is 5.92 Å². The van der Waals surface area contributed by atoms with Crippen LogP contribution in [-0.2, 0) is 4.74 Å². The number of benzene rings is 1. The first kappa shape index (κ1) is 10.8. The average Bonchev–Trinajstić information content (AvgIpc) is 2.26. The van der Waals surface area contributed by atoms with Crippen LogP contribution >= 0.6 is 0 Å². The topological polar surface area (TPSA) is 9.23 Å². The number of methoxy groups -OCH3 is 1. The molecule has 1 rings (SSSR count). The molecule has 1 aromatic carbocycles. The predicted molar refractivity (Wildman–Crippen MR) is 58.9 cm³/mol. The highest BCUT2D eigenvalue weighted by Gasteiger charge is 2.14. The third-order valence-electron chi connectivity index (χ3n) is 2.36. The molecular formula is C13H17O. The molecule has 0 bridgehead atoms. The molecule has 0 heterocycles. The normalized spacial score (nSPS) is 12.1. The molecule has 0 aliphatic carbocycles. The van der Waals surface area contributed by atoms with Gasteiger partial charge in [-0.1, -0.05) is 43.7 Å². The van der Waals surface area contributed by atoms with Crippen LogP contribution in [0.1, 0.15) is 31.2 Å². The van der Waals surface area contributed by atoms with E-state index in [0.717, 1.165) is 12.8 Å². The van der Waals surface area contributed by atoms with Crippen molar-refractivity contribution in [2.45, 2.75) is 25.7 Å². The number of rotatable bonds is 5. The molecule has 0 saturated heterocycles. The van der Waals surface area contributed by atoms with Gasteiger partial charge < -0.3 is 4.74 Å². The number of allylic oxidation sites excluding steroid dienone is 1. The van der Waals surface area contributed by atoms with Gasteiger partial charge in [0.1, 0.15) is 5.76 Å². The molecular weight excluding hydrogens is 172 g/mol. The van der Waals surface area contributed by atoms with Gasteiger partial charge in [0.25, 0.3) is 0 Å². The Morgan fingerprint density at radius 1 is 1.36 bits per heavy atom. The molecule has 0 fully saturated rings. The minimum absolute atomic E-state index is 0.228. The fraction of sp³-hybridized carbons (Fsp3) is 0.385. The lowest BCUT2D eigenvalue weighted by Crippen LogP contribution is -2.03. The van der Waals surface area contributed by atoms with Crippen LogP contribution in [0.15, 0.2) is 36.1 Å². The van der Waals surface area contributed by atoms with Crippen molar-refractivity contribution in [1.82, 2.24) is 0 Å². The monoisotopic (exact) mass is 189 g/mol. The van der Waals surface area contributed by atoms with E-state index in [0.29, 0.717) is 5.76 Å². The zero-order chi connectivity index (χ0) is 10.4. The summed E-state index contributed by atoms with van der Waals surface area (Å²) >= 11 is 0. The number of hydrogen-bond donors (Lipinski definition) is 0. The molecule has 0 aliphatic heterocycles. The van der Waals surface area contributed by atoms with Crippen LogP contribution in [0.5, 0.6) is 0 Å². The second kappa shape index (κ2) is 5.48. The maximum Gasteiger partial charge on any atom is 0.103 e. The molecule has 1 unspecified atom stereocenters. The fourth-order valence-electron chi connectivity index (χ4n) is 1.59. The molecule has 1 radical (unpaired) electrons. The van der Waals surface area contributed by atoms with Crippen molar-refractivity contribution in [3.8, 4) is 0 Å². The molecule has 0 N–H and O–H groups in total. The van der Waals surface area contributed by atoms with Gasteiger partial charge in [-0.25, -0.2) is 0 Å². The highest BCUT2D eigenvalue weighted by atomic mass is 16.5. The van der Waals surface area contributed by atoms with Gasteiger partial charge in [0.15, 0.2) is 0 Å². The maximum atomic E-state index is 5.83. The lowest BCUT2D eigenvalue weighted by Gasteiger charge is -2.17. The van der Waals surface area contributed by atoms with E-state index in [4.69, 9.17) is 11.3 Å². The Kier molecular flexibility index (Phi) is 4.24. The summed E-state index contributed by atoms with van der Waals surface area (Å²) in [6.07, 6.45) is 2.13. The lowest BCUT2D eigenvalue weighted by atomic mass is 9.93. The second-order valence-electron chi connectivity index (χ2n) is 3.36. The zero-order valence-electron chi connectivity index (χ0n) is 8.86. The molecule has 1 nitrogen and oxygen atoms in total. The number of ether oxygens (including phenoxy) is 1. The van der Waals surface area contributed by atoms with Crippen molar-refractivity contribution >= 4 is 0 Å². The fourth-order valence-corrected chi connectivity index (χ4v) is 1.59. The summed E-state index contributed by atoms with van der Waals surface area (Å²) in [6, 6.07) is 10.2. The molecule has 0 aromatic heterocycles. The highest BCUT2D eigenvalue weighted by molar-refractivity contribution is 5.24. The Morgan fingerprint density at radius 3 is 2.50 bits per heavy atom. The first-order valence-corrected chi connectivity index (χ1v) is 5.00. The van der Waals surface area contributed by atoms with Crippen molar-refractivity contribution in [3.05, 3.63) is 48.2 Å². The largest absolute Gasteiger partial charge is 0.500 e. The summed E-state index contributed by atoms with van der Waals surface area (Å²) in [5.74, 6) is 0.837. The summed E-state index contributed by atoms with van der Waals surface area (Å²) in [6.45, 7) is 7.98. The molecule has 0 aliphatic rings. The molecule has 1 heteroatoms. The summed E-state index contributed by atoms with van der Waals surface area (Å²) < 4.78 is 5.11.